The van der Waals surface area contributed by atoms with Crippen molar-refractivity contribution in [3.05, 3.63) is 53.6 Å². The van der Waals surface area contributed by atoms with Gasteiger partial charge in [0, 0.05) is 31.9 Å². The van der Waals surface area contributed by atoms with Gasteiger partial charge in [0.05, 0.1) is 17.3 Å². The highest BCUT2D eigenvalue weighted by molar-refractivity contribution is 6.33. The smallest absolute Gasteiger partial charge is 0.406 e. The number of ether oxygens (including phenoxy) is 1. The maximum atomic E-state index is 12.2. The summed E-state index contributed by atoms with van der Waals surface area (Å²) in [5.74, 6) is -0.558. The van der Waals surface area contributed by atoms with E-state index in [0.717, 1.165) is 30.9 Å². The van der Waals surface area contributed by atoms with Crippen molar-refractivity contribution in [3.63, 3.8) is 0 Å². The Hall–Kier alpha value is -2.45. The summed E-state index contributed by atoms with van der Waals surface area (Å²) in [5.41, 5.74) is 1.39. The molecule has 0 atom stereocenters. The number of hydrogen-bond acceptors (Lipinski definition) is 4. The predicted molar refractivity (Wildman–Crippen MR) is 102 cm³/mol. The zero-order chi connectivity index (χ0) is 20.1. The molecule has 1 fully saturated rings. The van der Waals surface area contributed by atoms with E-state index in [0.29, 0.717) is 23.8 Å². The van der Waals surface area contributed by atoms with E-state index in [1.807, 2.05) is 29.2 Å². The molecule has 9 heteroatoms. The number of alkyl halides is 3. The van der Waals surface area contributed by atoms with Crippen molar-refractivity contribution in [2.75, 3.05) is 42.9 Å². The van der Waals surface area contributed by atoms with Gasteiger partial charge in [-0.15, -0.1) is 13.2 Å². The summed E-state index contributed by atoms with van der Waals surface area (Å²) >= 11 is 6.22. The third kappa shape index (κ3) is 5.77. The van der Waals surface area contributed by atoms with Gasteiger partial charge in [0.2, 0.25) is 5.91 Å². The topological polar surface area (TPSA) is 44.8 Å². The van der Waals surface area contributed by atoms with E-state index in [4.69, 9.17) is 11.6 Å². The Morgan fingerprint density at radius 2 is 1.68 bits per heavy atom. The predicted octanol–water partition coefficient (Wildman–Crippen LogP) is 4.00. The maximum absolute atomic E-state index is 12.2. The van der Waals surface area contributed by atoms with Gasteiger partial charge < -0.3 is 15.0 Å². The third-order valence-corrected chi connectivity index (χ3v) is 4.62. The van der Waals surface area contributed by atoms with Crippen LogP contribution in [0.2, 0.25) is 5.02 Å². The number of carbonyl (C=O) groups excluding carboxylic acids is 1. The summed E-state index contributed by atoms with van der Waals surface area (Å²) in [5, 5.41) is 3.38. The fraction of sp³-hybridized carbons (Fsp3) is 0.316. The number of rotatable bonds is 5. The first-order chi connectivity index (χ1) is 13.3. The molecule has 5 nitrogen and oxygen atoms in total. The third-order valence-electron chi connectivity index (χ3n) is 4.30. The molecule has 0 bridgehead atoms. The molecule has 1 aliphatic rings. The lowest BCUT2D eigenvalue weighted by Crippen LogP contribution is -2.48. The van der Waals surface area contributed by atoms with Gasteiger partial charge in [-0.1, -0.05) is 23.7 Å². The average Bonchev–Trinajstić information content (AvgIpc) is 2.63. The molecule has 1 amide bonds. The van der Waals surface area contributed by atoms with Gasteiger partial charge in [-0.05, 0) is 36.4 Å². The van der Waals surface area contributed by atoms with Crippen LogP contribution in [0.5, 0.6) is 5.75 Å². The van der Waals surface area contributed by atoms with Crippen LogP contribution >= 0.6 is 11.6 Å². The van der Waals surface area contributed by atoms with Gasteiger partial charge in [0.1, 0.15) is 5.75 Å². The first-order valence-corrected chi connectivity index (χ1v) is 9.05. The average molecular weight is 414 g/mol. The van der Waals surface area contributed by atoms with Crippen molar-refractivity contribution in [1.29, 1.82) is 0 Å². The molecule has 28 heavy (non-hydrogen) atoms. The Labute approximate surface area is 165 Å². The fourth-order valence-corrected chi connectivity index (χ4v) is 3.25. The lowest BCUT2D eigenvalue weighted by molar-refractivity contribution is -0.274. The van der Waals surface area contributed by atoms with Crippen LogP contribution in [0.4, 0.5) is 24.5 Å². The number of hydrogen-bond donors (Lipinski definition) is 1. The molecule has 0 radical (unpaired) electrons. The second-order valence-electron chi connectivity index (χ2n) is 6.33. The molecular weight excluding hydrogens is 395 g/mol. The lowest BCUT2D eigenvalue weighted by Gasteiger charge is -2.36. The number of nitrogens with one attached hydrogen (secondary N) is 1. The molecule has 2 aromatic rings. The molecule has 0 aliphatic carbocycles. The summed E-state index contributed by atoms with van der Waals surface area (Å²) in [6.07, 6.45) is -4.74. The summed E-state index contributed by atoms with van der Waals surface area (Å²) < 4.78 is 40.3. The first kappa shape index (κ1) is 20.3. The standard InChI is InChI=1S/C19H19ClF3N3O2/c20-16-3-1-2-4-17(16)26-11-9-25(10-12-26)13-18(27)24-14-5-7-15(8-6-14)28-19(21,22)23/h1-8H,9-13H2,(H,24,27). The van der Waals surface area contributed by atoms with Crippen LogP contribution in [0, 0.1) is 0 Å². The quantitative estimate of drug-likeness (QED) is 0.804. The van der Waals surface area contributed by atoms with Crippen molar-refractivity contribution in [2.24, 2.45) is 0 Å². The van der Waals surface area contributed by atoms with E-state index in [2.05, 4.69) is 15.0 Å². The Kier molecular flexibility index (Phi) is 6.31. The molecule has 0 unspecified atom stereocenters. The van der Waals surface area contributed by atoms with E-state index in [-0.39, 0.29) is 18.2 Å². The fourth-order valence-electron chi connectivity index (χ4n) is 3.00. The molecule has 1 aliphatic heterocycles. The van der Waals surface area contributed by atoms with Crippen LogP contribution in [0.3, 0.4) is 0 Å². The first-order valence-electron chi connectivity index (χ1n) is 8.68. The molecular formula is C19H19ClF3N3O2. The van der Waals surface area contributed by atoms with Gasteiger partial charge in [0.15, 0.2) is 0 Å². The molecule has 0 aromatic heterocycles. The van der Waals surface area contributed by atoms with E-state index in [1.165, 1.54) is 12.1 Å². The molecule has 150 valence electrons. The molecule has 1 heterocycles. The zero-order valence-electron chi connectivity index (χ0n) is 14.9. The van der Waals surface area contributed by atoms with Crippen LogP contribution in [0.25, 0.3) is 0 Å². The minimum Gasteiger partial charge on any atom is -0.406 e. The maximum Gasteiger partial charge on any atom is 0.573 e. The number of amides is 1. The summed E-state index contributed by atoms with van der Waals surface area (Å²) in [7, 11) is 0. The van der Waals surface area contributed by atoms with Gasteiger partial charge in [-0.2, -0.15) is 0 Å². The lowest BCUT2D eigenvalue weighted by atomic mass is 10.2. The summed E-state index contributed by atoms with van der Waals surface area (Å²) in [6.45, 7) is 3.12. The van der Waals surface area contributed by atoms with Crippen molar-refractivity contribution in [3.8, 4) is 5.75 Å². The second kappa shape index (κ2) is 8.70. The SMILES string of the molecule is O=C(CN1CCN(c2ccccc2Cl)CC1)Nc1ccc(OC(F)(F)F)cc1. The van der Waals surface area contributed by atoms with E-state index in [9.17, 15) is 18.0 Å². The van der Waals surface area contributed by atoms with Crippen molar-refractivity contribution in [1.82, 2.24) is 4.90 Å². The van der Waals surface area contributed by atoms with Gasteiger partial charge in [0.25, 0.3) is 0 Å². The van der Waals surface area contributed by atoms with Gasteiger partial charge >= 0.3 is 6.36 Å². The Balaban J connectivity index is 1.46. The molecule has 0 saturated carbocycles. The van der Waals surface area contributed by atoms with Crippen LogP contribution < -0.4 is 15.0 Å². The van der Waals surface area contributed by atoms with Crippen LogP contribution in [0.15, 0.2) is 48.5 Å². The molecule has 0 spiro atoms. The number of piperazine rings is 1. The van der Waals surface area contributed by atoms with Crippen molar-refractivity contribution in [2.45, 2.75) is 6.36 Å². The van der Waals surface area contributed by atoms with E-state index < -0.39 is 6.36 Å². The number of para-hydroxylation sites is 1. The minimum atomic E-state index is -4.74. The van der Waals surface area contributed by atoms with Crippen molar-refractivity contribution >= 4 is 28.9 Å². The highest BCUT2D eigenvalue weighted by Crippen LogP contribution is 2.26. The summed E-state index contributed by atoms with van der Waals surface area (Å²) in [4.78, 5) is 16.4. The number of anilines is 2. The van der Waals surface area contributed by atoms with Gasteiger partial charge in [-0.25, -0.2) is 0 Å². The second-order valence-corrected chi connectivity index (χ2v) is 6.74. The monoisotopic (exact) mass is 413 g/mol. The van der Waals surface area contributed by atoms with E-state index in [1.54, 1.807) is 0 Å². The van der Waals surface area contributed by atoms with Crippen LogP contribution in [-0.4, -0.2) is 49.9 Å². The number of benzene rings is 2. The normalized spacial score (nSPS) is 15.4. The largest absolute Gasteiger partial charge is 0.573 e. The molecule has 1 N–H and O–H groups in total. The Morgan fingerprint density at radius 1 is 1.04 bits per heavy atom. The number of carbonyl (C=O) groups is 1. The highest BCUT2D eigenvalue weighted by Gasteiger charge is 2.31. The van der Waals surface area contributed by atoms with Gasteiger partial charge in [-0.3, -0.25) is 9.69 Å². The molecule has 3 rings (SSSR count). The number of nitrogens with zero attached hydrogens (tertiary/aromatic N) is 2. The molecule has 2 aromatic carbocycles. The van der Waals surface area contributed by atoms with E-state index >= 15 is 0 Å². The Morgan fingerprint density at radius 3 is 2.29 bits per heavy atom. The summed E-state index contributed by atoms with van der Waals surface area (Å²) in [6, 6.07) is 12.7. The van der Waals surface area contributed by atoms with Crippen LogP contribution in [0.1, 0.15) is 0 Å². The van der Waals surface area contributed by atoms with Crippen molar-refractivity contribution < 1.29 is 22.7 Å². The zero-order valence-corrected chi connectivity index (χ0v) is 15.6. The highest BCUT2D eigenvalue weighted by atomic mass is 35.5. The van der Waals surface area contributed by atoms with Crippen LogP contribution in [-0.2, 0) is 4.79 Å². The number of halogens is 4. The minimum absolute atomic E-state index is 0.206. The molecule has 1 saturated heterocycles. The Bertz CT molecular complexity index is 807.